The molecule has 0 aliphatic carbocycles. The van der Waals surface area contributed by atoms with Crippen molar-refractivity contribution in [1.82, 2.24) is 19.6 Å². The van der Waals surface area contributed by atoms with Crippen LogP contribution in [0, 0.1) is 5.92 Å². The van der Waals surface area contributed by atoms with Crippen LogP contribution in [0.1, 0.15) is 48.5 Å². The SMILES string of the molecule is CCN1CCN(C(=O)C2CCN(C3CCN(C(=O)c4ccc(C(F)(F)F)cc4)CC3)CC2)CC1. The Hall–Kier alpha value is -2.13. The molecule has 1 aromatic carbocycles. The third-order valence-corrected chi connectivity index (χ3v) is 7.74. The van der Waals surface area contributed by atoms with Crippen LogP contribution in [0.5, 0.6) is 0 Å². The van der Waals surface area contributed by atoms with E-state index in [0.717, 1.165) is 83.6 Å². The lowest BCUT2D eigenvalue weighted by Crippen LogP contribution is -2.53. The summed E-state index contributed by atoms with van der Waals surface area (Å²) in [5, 5.41) is 0. The van der Waals surface area contributed by atoms with E-state index in [4.69, 9.17) is 0 Å². The van der Waals surface area contributed by atoms with Crippen molar-refractivity contribution in [2.24, 2.45) is 5.92 Å². The molecule has 188 valence electrons. The van der Waals surface area contributed by atoms with Gasteiger partial charge in [0, 0.05) is 56.8 Å². The molecule has 3 saturated heterocycles. The zero-order valence-electron chi connectivity index (χ0n) is 19.9. The smallest absolute Gasteiger partial charge is 0.340 e. The summed E-state index contributed by atoms with van der Waals surface area (Å²) in [5.74, 6) is 0.220. The molecule has 34 heavy (non-hydrogen) atoms. The lowest BCUT2D eigenvalue weighted by molar-refractivity contribution is -0.139. The van der Waals surface area contributed by atoms with Crippen molar-refractivity contribution in [2.75, 3.05) is 58.9 Å². The molecule has 9 heteroatoms. The van der Waals surface area contributed by atoms with E-state index in [1.807, 2.05) is 4.90 Å². The first-order chi connectivity index (χ1) is 16.3. The normalized spacial score (nSPS) is 22.2. The number of nitrogens with zero attached hydrogens (tertiary/aromatic N) is 4. The Morgan fingerprint density at radius 3 is 1.94 bits per heavy atom. The van der Waals surface area contributed by atoms with Gasteiger partial charge in [-0.2, -0.15) is 13.2 Å². The molecule has 0 saturated carbocycles. The van der Waals surface area contributed by atoms with Crippen molar-refractivity contribution in [1.29, 1.82) is 0 Å². The second kappa shape index (κ2) is 10.6. The van der Waals surface area contributed by atoms with Crippen LogP contribution in [0.3, 0.4) is 0 Å². The monoisotopic (exact) mass is 480 g/mol. The summed E-state index contributed by atoms with van der Waals surface area (Å²) in [5.41, 5.74) is -0.446. The number of halogens is 3. The zero-order valence-corrected chi connectivity index (χ0v) is 19.9. The summed E-state index contributed by atoms with van der Waals surface area (Å²) < 4.78 is 38.3. The average molecular weight is 481 g/mol. The van der Waals surface area contributed by atoms with Gasteiger partial charge >= 0.3 is 6.18 Å². The molecule has 4 rings (SSSR count). The molecule has 3 fully saturated rings. The highest BCUT2D eigenvalue weighted by molar-refractivity contribution is 5.94. The Morgan fingerprint density at radius 1 is 0.824 bits per heavy atom. The number of rotatable bonds is 4. The first-order valence-corrected chi connectivity index (χ1v) is 12.5. The summed E-state index contributed by atoms with van der Waals surface area (Å²) >= 11 is 0. The van der Waals surface area contributed by atoms with E-state index in [1.54, 1.807) is 4.90 Å². The number of alkyl halides is 3. The number of amides is 2. The molecule has 6 nitrogen and oxygen atoms in total. The zero-order chi connectivity index (χ0) is 24.3. The first-order valence-electron chi connectivity index (χ1n) is 12.5. The van der Waals surface area contributed by atoms with Gasteiger partial charge in [0.2, 0.25) is 5.91 Å². The fraction of sp³-hybridized carbons (Fsp3) is 0.680. The molecule has 0 unspecified atom stereocenters. The van der Waals surface area contributed by atoms with Gasteiger partial charge in [0.1, 0.15) is 0 Å². The lowest BCUT2D eigenvalue weighted by atomic mass is 9.92. The van der Waals surface area contributed by atoms with Gasteiger partial charge in [0.15, 0.2) is 0 Å². The van der Waals surface area contributed by atoms with E-state index in [-0.39, 0.29) is 11.8 Å². The molecule has 0 atom stereocenters. The molecule has 3 heterocycles. The molecule has 3 aliphatic rings. The summed E-state index contributed by atoms with van der Waals surface area (Å²) in [4.78, 5) is 34.3. The number of hydrogen-bond acceptors (Lipinski definition) is 4. The fourth-order valence-corrected chi connectivity index (χ4v) is 5.47. The van der Waals surface area contributed by atoms with Crippen LogP contribution in [0.2, 0.25) is 0 Å². The average Bonchev–Trinajstić information content (AvgIpc) is 2.87. The largest absolute Gasteiger partial charge is 0.416 e. The van der Waals surface area contributed by atoms with Crippen molar-refractivity contribution in [3.8, 4) is 0 Å². The highest BCUT2D eigenvalue weighted by Crippen LogP contribution is 2.30. The van der Waals surface area contributed by atoms with Gasteiger partial charge in [-0.1, -0.05) is 6.92 Å². The van der Waals surface area contributed by atoms with Gasteiger partial charge < -0.3 is 19.6 Å². The molecule has 0 spiro atoms. The minimum Gasteiger partial charge on any atom is -0.340 e. The van der Waals surface area contributed by atoms with Crippen molar-refractivity contribution >= 4 is 11.8 Å². The maximum Gasteiger partial charge on any atom is 0.416 e. The predicted octanol–water partition coefficient (Wildman–Crippen LogP) is 3.19. The van der Waals surface area contributed by atoms with Crippen molar-refractivity contribution in [3.05, 3.63) is 35.4 Å². The standard InChI is InChI=1S/C25H35F3N4O2/c1-2-29-15-17-32(18-16-29)24(34)20-7-11-30(12-8-20)22-9-13-31(14-10-22)23(33)19-3-5-21(6-4-19)25(26,27)28/h3-6,20,22H,2,7-18H2,1H3. The number of piperazine rings is 1. The van der Waals surface area contributed by atoms with Crippen LogP contribution in [0.15, 0.2) is 24.3 Å². The molecule has 2 amide bonds. The van der Waals surface area contributed by atoms with E-state index < -0.39 is 11.7 Å². The van der Waals surface area contributed by atoms with Gasteiger partial charge in [-0.15, -0.1) is 0 Å². The molecule has 0 N–H and O–H groups in total. The second-order valence-electron chi connectivity index (χ2n) is 9.67. The van der Waals surface area contributed by atoms with Crippen LogP contribution in [0.4, 0.5) is 13.2 Å². The van der Waals surface area contributed by atoms with Gasteiger partial charge in [0.05, 0.1) is 5.56 Å². The van der Waals surface area contributed by atoms with Crippen LogP contribution in [-0.4, -0.2) is 96.4 Å². The molecule has 1 aromatic rings. The summed E-state index contributed by atoms with van der Waals surface area (Å²) in [6.45, 7) is 9.80. The number of benzene rings is 1. The third-order valence-electron chi connectivity index (χ3n) is 7.74. The topological polar surface area (TPSA) is 47.1 Å². The number of likely N-dealkylation sites (N-methyl/N-ethyl adjacent to an activating group) is 1. The van der Waals surface area contributed by atoms with Crippen molar-refractivity contribution < 1.29 is 22.8 Å². The molecule has 0 radical (unpaired) electrons. The summed E-state index contributed by atoms with van der Waals surface area (Å²) in [7, 11) is 0. The van der Waals surface area contributed by atoms with Gasteiger partial charge in [-0.25, -0.2) is 0 Å². The number of hydrogen-bond donors (Lipinski definition) is 0. The molecular weight excluding hydrogens is 445 g/mol. The quantitative estimate of drug-likeness (QED) is 0.664. The molecular formula is C25H35F3N4O2. The first kappa shape index (κ1) is 25.0. The number of carbonyl (C=O) groups is 2. The van der Waals surface area contributed by atoms with Crippen LogP contribution >= 0.6 is 0 Å². The highest BCUT2D eigenvalue weighted by atomic mass is 19.4. The van der Waals surface area contributed by atoms with Crippen LogP contribution < -0.4 is 0 Å². The van der Waals surface area contributed by atoms with E-state index >= 15 is 0 Å². The van der Waals surface area contributed by atoms with E-state index in [0.29, 0.717) is 30.6 Å². The Balaban J connectivity index is 1.21. The van der Waals surface area contributed by atoms with E-state index in [2.05, 4.69) is 16.7 Å². The third kappa shape index (κ3) is 5.74. The minimum atomic E-state index is -4.40. The molecule has 0 aromatic heterocycles. The van der Waals surface area contributed by atoms with Gasteiger partial charge in [-0.05, 0) is 69.6 Å². The number of piperidine rings is 2. The number of likely N-dealkylation sites (tertiary alicyclic amines) is 2. The number of carbonyl (C=O) groups excluding carboxylic acids is 2. The Labute approximate surface area is 199 Å². The summed E-state index contributed by atoms with van der Waals surface area (Å²) in [6.07, 6.45) is -0.926. The minimum absolute atomic E-state index is 0.116. The van der Waals surface area contributed by atoms with Crippen LogP contribution in [-0.2, 0) is 11.0 Å². The lowest BCUT2D eigenvalue weighted by Gasteiger charge is -2.42. The Kier molecular flexibility index (Phi) is 7.82. The fourth-order valence-electron chi connectivity index (χ4n) is 5.47. The second-order valence-corrected chi connectivity index (χ2v) is 9.67. The van der Waals surface area contributed by atoms with Gasteiger partial charge in [0.25, 0.3) is 5.91 Å². The maximum absolute atomic E-state index is 12.9. The summed E-state index contributed by atoms with van der Waals surface area (Å²) in [6, 6.07) is 4.85. The van der Waals surface area contributed by atoms with Crippen molar-refractivity contribution in [2.45, 2.75) is 44.8 Å². The Bertz CT molecular complexity index is 837. The molecule has 0 bridgehead atoms. The van der Waals surface area contributed by atoms with Crippen LogP contribution in [0.25, 0.3) is 0 Å². The predicted molar refractivity (Wildman–Crippen MR) is 123 cm³/mol. The maximum atomic E-state index is 12.9. The molecule has 3 aliphatic heterocycles. The van der Waals surface area contributed by atoms with E-state index in [1.165, 1.54) is 12.1 Å². The van der Waals surface area contributed by atoms with E-state index in [9.17, 15) is 22.8 Å². The Morgan fingerprint density at radius 2 is 1.41 bits per heavy atom. The van der Waals surface area contributed by atoms with Crippen molar-refractivity contribution in [3.63, 3.8) is 0 Å². The highest BCUT2D eigenvalue weighted by Gasteiger charge is 2.34. The van der Waals surface area contributed by atoms with Gasteiger partial charge in [-0.3, -0.25) is 9.59 Å².